The lowest BCUT2D eigenvalue weighted by Crippen LogP contribution is -2.11. The summed E-state index contributed by atoms with van der Waals surface area (Å²) in [4.78, 5) is 11.0. The van der Waals surface area contributed by atoms with E-state index in [0.29, 0.717) is 12.1 Å². The molecule has 11 nitrogen and oxygen atoms in total. The molecule has 210 valence electrons. The number of phenolic OH excluding ortho intramolecular Hbond substituents is 1. The van der Waals surface area contributed by atoms with Crippen molar-refractivity contribution in [1.29, 1.82) is 0 Å². The SMILES string of the molecule is CCCCCCCCCC(=O)Nc1ccc2c(O)c(N=Nc3ccccc3S(=O)(=O)O)c(S(=O)(=O)O)cc2c1. The molecule has 4 N–H and O–H groups in total. The molecule has 3 aromatic carbocycles. The van der Waals surface area contributed by atoms with Gasteiger partial charge in [0.15, 0.2) is 5.75 Å². The van der Waals surface area contributed by atoms with Gasteiger partial charge in [-0.25, -0.2) is 0 Å². The molecule has 0 heterocycles. The molecule has 0 radical (unpaired) electrons. The van der Waals surface area contributed by atoms with E-state index in [-0.39, 0.29) is 22.4 Å². The Bertz CT molecular complexity index is 1590. The number of carbonyl (C=O) groups is 1. The molecule has 1 amide bonds. The molecular formula is C26H31N3O8S2. The number of carbonyl (C=O) groups excluding carboxylic acids is 1. The van der Waals surface area contributed by atoms with Crippen LogP contribution >= 0.6 is 0 Å². The summed E-state index contributed by atoms with van der Waals surface area (Å²) in [6.07, 6.45) is 7.83. The van der Waals surface area contributed by atoms with E-state index in [1.165, 1.54) is 55.7 Å². The molecular weight excluding hydrogens is 546 g/mol. The Kier molecular flexibility index (Phi) is 10.1. The van der Waals surface area contributed by atoms with Gasteiger partial charge < -0.3 is 10.4 Å². The van der Waals surface area contributed by atoms with Gasteiger partial charge in [-0.15, -0.1) is 10.2 Å². The highest BCUT2D eigenvalue weighted by molar-refractivity contribution is 7.86. The van der Waals surface area contributed by atoms with Crippen molar-refractivity contribution in [2.75, 3.05) is 5.32 Å². The average Bonchev–Trinajstić information content (AvgIpc) is 2.86. The van der Waals surface area contributed by atoms with Gasteiger partial charge in [-0.3, -0.25) is 13.9 Å². The first-order valence-electron chi connectivity index (χ1n) is 12.5. The second kappa shape index (κ2) is 13.1. The van der Waals surface area contributed by atoms with Crippen LogP contribution in [0.15, 0.2) is 68.6 Å². The van der Waals surface area contributed by atoms with Crippen molar-refractivity contribution < 1.29 is 35.8 Å². The second-order valence-corrected chi connectivity index (χ2v) is 11.8. The minimum Gasteiger partial charge on any atom is -0.505 e. The van der Waals surface area contributed by atoms with E-state index < -0.39 is 41.5 Å². The zero-order valence-corrected chi connectivity index (χ0v) is 23.0. The highest BCUT2D eigenvalue weighted by atomic mass is 32.2. The normalized spacial score (nSPS) is 12.3. The summed E-state index contributed by atoms with van der Waals surface area (Å²) in [6.45, 7) is 2.16. The summed E-state index contributed by atoms with van der Waals surface area (Å²) in [5, 5.41) is 21.3. The van der Waals surface area contributed by atoms with Crippen LogP contribution in [0.4, 0.5) is 17.1 Å². The highest BCUT2D eigenvalue weighted by Crippen LogP contribution is 2.42. The van der Waals surface area contributed by atoms with Gasteiger partial charge in [0.05, 0.1) is 0 Å². The fourth-order valence-electron chi connectivity index (χ4n) is 4.05. The molecule has 3 rings (SSSR count). The third-order valence-electron chi connectivity index (χ3n) is 6.02. The Morgan fingerprint density at radius 1 is 0.821 bits per heavy atom. The number of unbranched alkanes of at least 4 members (excludes halogenated alkanes) is 6. The first-order valence-corrected chi connectivity index (χ1v) is 15.3. The third kappa shape index (κ3) is 8.30. The average molecular weight is 578 g/mol. The van der Waals surface area contributed by atoms with E-state index in [4.69, 9.17) is 0 Å². The maximum absolute atomic E-state index is 12.4. The van der Waals surface area contributed by atoms with Crippen LogP contribution in [0.2, 0.25) is 0 Å². The highest BCUT2D eigenvalue weighted by Gasteiger charge is 2.23. The number of fused-ring (bicyclic) bond motifs is 1. The lowest BCUT2D eigenvalue weighted by molar-refractivity contribution is -0.116. The van der Waals surface area contributed by atoms with Gasteiger partial charge >= 0.3 is 0 Å². The monoisotopic (exact) mass is 577 g/mol. The number of amides is 1. The van der Waals surface area contributed by atoms with E-state index in [1.54, 1.807) is 0 Å². The molecule has 0 saturated carbocycles. The van der Waals surface area contributed by atoms with Gasteiger partial charge in [0, 0.05) is 17.5 Å². The molecule has 39 heavy (non-hydrogen) atoms. The molecule has 0 fully saturated rings. The number of aromatic hydroxyl groups is 1. The van der Waals surface area contributed by atoms with Crippen LogP contribution in [0.1, 0.15) is 58.3 Å². The van der Waals surface area contributed by atoms with Crippen LogP contribution in [0.5, 0.6) is 5.75 Å². The number of rotatable bonds is 13. The standard InChI is InChI=1S/C26H31N3O8S2/c1-2-3-4-5-6-7-8-13-24(30)27-19-14-15-20-18(16-19)17-23(39(35,36)37)25(26(20)31)29-28-21-11-9-10-12-22(21)38(32,33)34/h9-12,14-17,31H,2-8,13H2,1H3,(H,27,30)(H,32,33,34)(H,35,36,37). The number of hydrogen-bond donors (Lipinski definition) is 4. The molecule has 0 unspecified atom stereocenters. The lowest BCUT2D eigenvalue weighted by Gasteiger charge is -2.11. The Morgan fingerprint density at radius 3 is 2.13 bits per heavy atom. The van der Waals surface area contributed by atoms with Crippen molar-refractivity contribution in [3.8, 4) is 5.75 Å². The van der Waals surface area contributed by atoms with E-state index in [1.807, 2.05) is 0 Å². The maximum atomic E-state index is 12.4. The van der Waals surface area contributed by atoms with Gasteiger partial charge in [-0.05, 0) is 48.2 Å². The van der Waals surface area contributed by atoms with Gasteiger partial charge in [0.1, 0.15) is 21.2 Å². The lowest BCUT2D eigenvalue weighted by atomic mass is 10.1. The van der Waals surface area contributed by atoms with Crippen LogP contribution in [0.25, 0.3) is 10.8 Å². The fourth-order valence-corrected chi connectivity index (χ4v) is 5.33. The zero-order valence-electron chi connectivity index (χ0n) is 21.4. The summed E-state index contributed by atoms with van der Waals surface area (Å²) in [7, 11) is -9.59. The molecule has 0 aliphatic rings. The van der Waals surface area contributed by atoms with E-state index in [9.17, 15) is 35.8 Å². The smallest absolute Gasteiger partial charge is 0.296 e. The van der Waals surface area contributed by atoms with Crippen LogP contribution in [0, 0.1) is 0 Å². The van der Waals surface area contributed by atoms with E-state index >= 15 is 0 Å². The number of benzene rings is 3. The number of nitrogens with zero attached hydrogens (tertiary/aromatic N) is 2. The maximum Gasteiger partial charge on any atom is 0.296 e. The Morgan fingerprint density at radius 2 is 1.46 bits per heavy atom. The molecule has 13 heteroatoms. The van der Waals surface area contributed by atoms with Crippen LogP contribution < -0.4 is 5.32 Å². The summed E-state index contributed by atoms with van der Waals surface area (Å²) >= 11 is 0. The molecule has 0 saturated heterocycles. The second-order valence-electron chi connectivity index (χ2n) is 9.05. The van der Waals surface area contributed by atoms with Crippen molar-refractivity contribution in [3.05, 3.63) is 48.5 Å². The van der Waals surface area contributed by atoms with Gasteiger partial charge in [0.2, 0.25) is 5.91 Å². The Hall–Kier alpha value is -3.39. The van der Waals surface area contributed by atoms with E-state index in [0.717, 1.165) is 37.8 Å². The summed E-state index contributed by atoms with van der Waals surface area (Å²) in [6, 6.07) is 10.5. The first kappa shape index (κ1) is 30.2. The largest absolute Gasteiger partial charge is 0.505 e. The zero-order chi connectivity index (χ0) is 28.6. The molecule has 0 aliphatic carbocycles. The van der Waals surface area contributed by atoms with Crippen LogP contribution in [0.3, 0.4) is 0 Å². The summed E-state index contributed by atoms with van der Waals surface area (Å²) in [5.41, 5.74) is -0.585. The molecule has 3 aromatic rings. The van der Waals surface area contributed by atoms with Crippen LogP contribution in [-0.2, 0) is 25.0 Å². The first-order chi connectivity index (χ1) is 18.4. The topological polar surface area (TPSA) is 183 Å². The number of phenols is 1. The molecule has 0 spiro atoms. The molecule has 0 bridgehead atoms. The Balaban J connectivity index is 1.86. The van der Waals surface area contributed by atoms with Crippen molar-refractivity contribution in [3.63, 3.8) is 0 Å². The minimum absolute atomic E-state index is 0.143. The summed E-state index contributed by atoms with van der Waals surface area (Å²) in [5.74, 6) is -0.848. The number of nitrogens with one attached hydrogen (secondary N) is 1. The number of hydrogen-bond acceptors (Lipinski definition) is 8. The minimum atomic E-state index is -4.92. The van der Waals surface area contributed by atoms with Crippen molar-refractivity contribution in [2.45, 2.75) is 68.1 Å². The number of azo groups is 1. The van der Waals surface area contributed by atoms with Crippen molar-refractivity contribution in [2.24, 2.45) is 10.2 Å². The van der Waals surface area contributed by atoms with Gasteiger partial charge in [-0.2, -0.15) is 16.8 Å². The van der Waals surface area contributed by atoms with Crippen LogP contribution in [-0.4, -0.2) is 37.0 Å². The predicted octanol–water partition coefficient (Wildman–Crippen LogP) is 6.53. The number of anilines is 1. The van der Waals surface area contributed by atoms with Gasteiger partial charge in [-0.1, -0.05) is 57.6 Å². The molecule has 0 atom stereocenters. The third-order valence-corrected chi connectivity index (χ3v) is 7.79. The Labute approximate surface area is 227 Å². The van der Waals surface area contributed by atoms with Crippen molar-refractivity contribution >= 4 is 54.0 Å². The van der Waals surface area contributed by atoms with Crippen molar-refractivity contribution in [1.82, 2.24) is 0 Å². The molecule has 0 aromatic heterocycles. The van der Waals surface area contributed by atoms with Gasteiger partial charge in [0.25, 0.3) is 20.2 Å². The summed E-state index contributed by atoms with van der Waals surface area (Å²) < 4.78 is 66.6. The fraction of sp³-hybridized carbons (Fsp3) is 0.346. The molecule has 0 aliphatic heterocycles. The predicted molar refractivity (Wildman–Crippen MR) is 147 cm³/mol. The quantitative estimate of drug-likeness (QED) is 0.100. The van der Waals surface area contributed by atoms with E-state index in [2.05, 4.69) is 22.5 Å².